The molecule has 1 fully saturated rings. The first kappa shape index (κ1) is 22.7. The second-order valence-electron chi connectivity index (χ2n) is 8.36. The van der Waals surface area contributed by atoms with Gasteiger partial charge in [-0.1, -0.05) is 0 Å². The molecule has 1 aromatic carbocycles. The molecule has 1 atom stereocenters. The molecule has 0 aliphatic carbocycles. The zero-order valence-electron chi connectivity index (χ0n) is 18.1. The SMILES string of the molecule is CC(=O)N1CCCc2cc(S(=O)(=O)N3CCC[C@@H](C(=O)NCCN(C)C)C3)ccc21. The lowest BCUT2D eigenvalue weighted by atomic mass is 9.99. The Morgan fingerprint density at radius 3 is 2.67 bits per heavy atom. The molecule has 0 unspecified atom stereocenters. The topological polar surface area (TPSA) is 90.0 Å². The van der Waals surface area contributed by atoms with Crippen molar-refractivity contribution in [2.75, 3.05) is 51.7 Å². The van der Waals surface area contributed by atoms with Crippen molar-refractivity contribution in [3.63, 3.8) is 0 Å². The molecule has 0 radical (unpaired) electrons. The fourth-order valence-corrected chi connectivity index (χ4v) is 5.71. The average Bonchev–Trinajstić information content (AvgIpc) is 2.72. The average molecular weight is 437 g/mol. The number of carbonyl (C=O) groups excluding carboxylic acids is 2. The molecular formula is C21H32N4O4S. The molecule has 2 aliphatic heterocycles. The number of sulfonamides is 1. The molecule has 9 heteroatoms. The number of likely N-dealkylation sites (N-methyl/N-ethyl adjacent to an activating group) is 1. The molecular weight excluding hydrogens is 404 g/mol. The number of nitrogens with one attached hydrogen (secondary N) is 1. The first-order chi connectivity index (χ1) is 14.2. The van der Waals surface area contributed by atoms with Gasteiger partial charge >= 0.3 is 0 Å². The van der Waals surface area contributed by atoms with Gasteiger partial charge in [0.05, 0.1) is 10.8 Å². The Balaban J connectivity index is 1.73. The van der Waals surface area contributed by atoms with Crippen molar-refractivity contribution < 1.29 is 18.0 Å². The van der Waals surface area contributed by atoms with Gasteiger partial charge in [-0.05, 0) is 63.5 Å². The number of rotatable bonds is 6. The summed E-state index contributed by atoms with van der Waals surface area (Å²) in [5, 5.41) is 2.91. The Morgan fingerprint density at radius 2 is 1.97 bits per heavy atom. The summed E-state index contributed by atoms with van der Waals surface area (Å²) in [5.74, 6) is -0.452. The molecule has 1 N–H and O–H groups in total. The quantitative estimate of drug-likeness (QED) is 0.720. The molecule has 0 spiro atoms. The van der Waals surface area contributed by atoms with Crippen molar-refractivity contribution in [2.24, 2.45) is 5.92 Å². The van der Waals surface area contributed by atoms with Crippen molar-refractivity contribution in [3.8, 4) is 0 Å². The summed E-state index contributed by atoms with van der Waals surface area (Å²) in [5.41, 5.74) is 1.68. The van der Waals surface area contributed by atoms with Gasteiger partial charge in [-0.25, -0.2) is 8.42 Å². The van der Waals surface area contributed by atoms with E-state index >= 15 is 0 Å². The van der Waals surface area contributed by atoms with E-state index in [4.69, 9.17) is 0 Å². The van der Waals surface area contributed by atoms with Crippen LogP contribution in [0.4, 0.5) is 5.69 Å². The van der Waals surface area contributed by atoms with E-state index in [9.17, 15) is 18.0 Å². The Kier molecular flexibility index (Phi) is 7.15. The monoisotopic (exact) mass is 436 g/mol. The molecule has 3 rings (SSSR count). The van der Waals surface area contributed by atoms with Gasteiger partial charge in [0.1, 0.15) is 0 Å². The molecule has 166 valence electrons. The number of hydrogen-bond donors (Lipinski definition) is 1. The molecule has 2 aliphatic rings. The van der Waals surface area contributed by atoms with E-state index in [0.717, 1.165) is 30.6 Å². The van der Waals surface area contributed by atoms with Crippen molar-refractivity contribution in [2.45, 2.75) is 37.5 Å². The predicted octanol–water partition coefficient (Wildman–Crippen LogP) is 1.06. The number of carbonyl (C=O) groups is 2. The van der Waals surface area contributed by atoms with Crippen LogP contribution in [0.5, 0.6) is 0 Å². The second kappa shape index (κ2) is 9.45. The lowest BCUT2D eigenvalue weighted by Crippen LogP contribution is -2.46. The largest absolute Gasteiger partial charge is 0.355 e. The van der Waals surface area contributed by atoms with E-state index in [1.165, 1.54) is 11.2 Å². The maximum Gasteiger partial charge on any atom is 0.243 e. The Morgan fingerprint density at radius 1 is 1.20 bits per heavy atom. The molecule has 30 heavy (non-hydrogen) atoms. The summed E-state index contributed by atoms with van der Waals surface area (Å²) in [6, 6.07) is 5.01. The number of piperidine rings is 1. The van der Waals surface area contributed by atoms with Gasteiger partial charge in [-0.15, -0.1) is 0 Å². The third-order valence-electron chi connectivity index (χ3n) is 5.80. The minimum atomic E-state index is -3.69. The fourth-order valence-electron chi connectivity index (χ4n) is 4.13. The van der Waals surface area contributed by atoms with Crippen LogP contribution >= 0.6 is 0 Å². The van der Waals surface area contributed by atoms with E-state index in [2.05, 4.69) is 5.32 Å². The first-order valence-electron chi connectivity index (χ1n) is 10.5. The second-order valence-corrected chi connectivity index (χ2v) is 10.3. The molecule has 0 saturated carbocycles. The molecule has 8 nitrogen and oxygen atoms in total. The van der Waals surface area contributed by atoms with Crippen molar-refractivity contribution in [3.05, 3.63) is 23.8 Å². The van der Waals surface area contributed by atoms with Crippen LogP contribution in [0, 0.1) is 5.92 Å². The Hall–Kier alpha value is -1.97. The number of anilines is 1. The summed E-state index contributed by atoms with van der Waals surface area (Å²) in [6.45, 7) is 4.09. The van der Waals surface area contributed by atoms with Crippen molar-refractivity contribution in [1.29, 1.82) is 0 Å². The van der Waals surface area contributed by atoms with E-state index in [-0.39, 0.29) is 29.2 Å². The van der Waals surface area contributed by atoms with Crippen molar-refractivity contribution >= 4 is 27.5 Å². The lowest BCUT2D eigenvalue weighted by Gasteiger charge is -2.32. The summed E-state index contributed by atoms with van der Waals surface area (Å²) >= 11 is 0. The summed E-state index contributed by atoms with van der Waals surface area (Å²) < 4.78 is 28.0. The third-order valence-corrected chi connectivity index (χ3v) is 7.66. The predicted molar refractivity (Wildman–Crippen MR) is 116 cm³/mol. The van der Waals surface area contributed by atoms with E-state index in [0.29, 0.717) is 32.5 Å². The van der Waals surface area contributed by atoms with Crippen molar-refractivity contribution in [1.82, 2.24) is 14.5 Å². The maximum absolute atomic E-state index is 13.3. The molecule has 1 saturated heterocycles. The number of aryl methyl sites for hydroxylation is 1. The van der Waals surface area contributed by atoms with Gasteiger partial charge < -0.3 is 15.1 Å². The van der Waals surface area contributed by atoms with Crippen LogP contribution in [0.3, 0.4) is 0 Å². The lowest BCUT2D eigenvalue weighted by molar-refractivity contribution is -0.126. The van der Waals surface area contributed by atoms with Crippen LogP contribution < -0.4 is 10.2 Å². The molecule has 2 heterocycles. The number of nitrogens with zero attached hydrogens (tertiary/aromatic N) is 3. The maximum atomic E-state index is 13.3. The van der Waals surface area contributed by atoms with E-state index in [1.807, 2.05) is 19.0 Å². The zero-order chi connectivity index (χ0) is 21.9. The number of hydrogen-bond acceptors (Lipinski definition) is 5. The van der Waals surface area contributed by atoms with Gasteiger partial charge in [0.15, 0.2) is 0 Å². The van der Waals surface area contributed by atoms with Crippen LogP contribution in [-0.4, -0.2) is 76.3 Å². The van der Waals surface area contributed by atoms with Gasteiger partial charge in [0.25, 0.3) is 0 Å². The summed E-state index contributed by atoms with van der Waals surface area (Å²) in [7, 11) is 0.188. The van der Waals surface area contributed by atoms with E-state index in [1.54, 1.807) is 23.1 Å². The molecule has 2 amide bonds. The highest BCUT2D eigenvalue weighted by Gasteiger charge is 2.34. The molecule has 0 bridgehead atoms. The van der Waals surface area contributed by atoms with Crippen LogP contribution in [-0.2, 0) is 26.0 Å². The minimum Gasteiger partial charge on any atom is -0.355 e. The Labute approximate surface area is 179 Å². The smallest absolute Gasteiger partial charge is 0.243 e. The standard InChI is InChI=1S/C21H32N4O4S/c1-16(26)25-12-5-6-17-14-19(8-9-20(17)25)30(28,29)24-11-4-7-18(15-24)21(27)22-10-13-23(2)3/h8-9,14,18H,4-7,10-13,15H2,1-3H3,(H,22,27)/t18-/m1/s1. The fraction of sp³-hybridized carbons (Fsp3) is 0.619. The number of benzene rings is 1. The number of amides is 2. The summed E-state index contributed by atoms with van der Waals surface area (Å²) in [6.07, 6.45) is 2.92. The normalized spacial score (nSPS) is 20.1. The number of fused-ring (bicyclic) bond motifs is 1. The van der Waals surface area contributed by atoms with Gasteiger partial charge in [0.2, 0.25) is 21.8 Å². The zero-order valence-corrected chi connectivity index (χ0v) is 18.9. The Bertz CT molecular complexity index is 900. The minimum absolute atomic E-state index is 0.0364. The van der Waals surface area contributed by atoms with E-state index < -0.39 is 10.0 Å². The highest BCUT2D eigenvalue weighted by molar-refractivity contribution is 7.89. The third kappa shape index (κ3) is 5.01. The first-order valence-corrected chi connectivity index (χ1v) is 12.0. The van der Waals surface area contributed by atoms with Gasteiger partial charge in [0, 0.05) is 45.3 Å². The van der Waals surface area contributed by atoms with Gasteiger partial charge in [-0.2, -0.15) is 4.31 Å². The molecule has 1 aromatic rings. The highest BCUT2D eigenvalue weighted by Crippen LogP contribution is 2.31. The van der Waals surface area contributed by atoms with Crippen LogP contribution in [0.15, 0.2) is 23.1 Å². The van der Waals surface area contributed by atoms with Crippen LogP contribution in [0.2, 0.25) is 0 Å². The highest BCUT2D eigenvalue weighted by atomic mass is 32.2. The summed E-state index contributed by atoms with van der Waals surface area (Å²) in [4.78, 5) is 28.3. The van der Waals surface area contributed by atoms with Crippen LogP contribution in [0.25, 0.3) is 0 Å². The van der Waals surface area contributed by atoms with Crippen LogP contribution in [0.1, 0.15) is 31.7 Å². The van der Waals surface area contributed by atoms with Gasteiger partial charge in [-0.3, -0.25) is 9.59 Å². The molecule has 0 aromatic heterocycles.